The van der Waals surface area contributed by atoms with Crippen molar-refractivity contribution in [1.29, 1.82) is 0 Å². The Morgan fingerprint density at radius 3 is 0.957 bits per heavy atom. The van der Waals surface area contributed by atoms with Gasteiger partial charge in [-0.05, 0) is 44.9 Å². The first-order chi connectivity index (χ1) is 45.7. The molecule has 9 unspecified atom stereocenters. The lowest BCUT2D eigenvalue weighted by molar-refractivity contribution is -0.303. The Balaban J connectivity index is 2.12. The van der Waals surface area contributed by atoms with E-state index in [2.05, 4.69) is 43.5 Å². The van der Waals surface area contributed by atoms with E-state index in [0.717, 1.165) is 44.9 Å². The number of ether oxygens (including phenoxy) is 2. The lowest BCUT2D eigenvalue weighted by Crippen LogP contribution is -2.60. The fraction of sp³-hybridized carbons (Fsp3) is 0.939. The van der Waals surface area contributed by atoms with Crippen LogP contribution in [0.3, 0.4) is 0 Å². The second-order valence-corrected chi connectivity index (χ2v) is 29.2. The summed E-state index contributed by atoms with van der Waals surface area (Å²) in [5, 5.41) is 76.8. The maximum absolute atomic E-state index is 13.3. The number of nitrogens with one attached hydrogen (secondary N) is 1. The predicted octanol–water partition coefficient (Wildman–Crippen LogP) is 21.5. The monoisotopic (exact) mass is 1320 g/mol. The van der Waals surface area contributed by atoms with E-state index in [0.29, 0.717) is 19.3 Å². The maximum atomic E-state index is 13.3. The third-order valence-electron chi connectivity index (χ3n) is 20.3. The largest absolute Gasteiger partial charge is 0.394 e. The molecule has 1 fully saturated rings. The molecule has 1 aliphatic rings. The Morgan fingerprint density at radius 1 is 0.376 bits per heavy atom. The summed E-state index contributed by atoms with van der Waals surface area (Å²) in [6.45, 7) is 3.54. The molecule has 11 heteroatoms. The number of aliphatic hydroxyl groups is 7. The van der Waals surface area contributed by atoms with E-state index >= 15 is 0 Å². The van der Waals surface area contributed by atoms with Crippen molar-refractivity contribution in [2.75, 3.05) is 13.2 Å². The van der Waals surface area contributed by atoms with Crippen LogP contribution in [0.25, 0.3) is 0 Å². The fourth-order valence-electron chi connectivity index (χ4n) is 13.7. The Kier molecular flexibility index (Phi) is 67.9. The van der Waals surface area contributed by atoms with E-state index < -0.39 is 74.2 Å². The third kappa shape index (κ3) is 57.1. The number of amides is 1. The van der Waals surface area contributed by atoms with Crippen LogP contribution in [0.2, 0.25) is 0 Å². The zero-order chi connectivity index (χ0) is 67.4. The molecule has 0 aliphatic carbocycles. The van der Waals surface area contributed by atoms with Crippen LogP contribution in [0.5, 0.6) is 0 Å². The highest BCUT2D eigenvalue weighted by Gasteiger charge is 2.44. The van der Waals surface area contributed by atoms with Gasteiger partial charge in [-0.3, -0.25) is 4.79 Å². The zero-order valence-corrected chi connectivity index (χ0v) is 61.5. The molecule has 93 heavy (non-hydrogen) atoms. The highest BCUT2D eigenvalue weighted by Crippen LogP contribution is 2.25. The van der Waals surface area contributed by atoms with Gasteiger partial charge in [0.25, 0.3) is 0 Å². The maximum Gasteiger partial charge on any atom is 0.249 e. The molecule has 552 valence electrons. The van der Waals surface area contributed by atoms with Gasteiger partial charge in [-0.2, -0.15) is 0 Å². The Labute approximate surface area is 575 Å². The molecule has 1 rings (SSSR count). The minimum atomic E-state index is -1.66. The van der Waals surface area contributed by atoms with Crippen LogP contribution in [-0.2, 0) is 14.3 Å². The second-order valence-electron chi connectivity index (χ2n) is 29.2. The van der Waals surface area contributed by atoms with Gasteiger partial charge in [-0.1, -0.05) is 404 Å². The molecule has 0 radical (unpaired) electrons. The van der Waals surface area contributed by atoms with Gasteiger partial charge in [0.15, 0.2) is 6.29 Å². The third-order valence-corrected chi connectivity index (χ3v) is 20.3. The lowest BCUT2D eigenvalue weighted by atomic mass is 9.98. The van der Waals surface area contributed by atoms with Crippen LogP contribution in [-0.4, -0.2) is 110 Å². The Hall–Kier alpha value is -1.41. The molecule has 1 heterocycles. The average molecular weight is 1320 g/mol. The number of rotatable bonds is 74. The summed E-state index contributed by atoms with van der Waals surface area (Å²) in [5.74, 6) is -0.688. The molecule has 8 N–H and O–H groups in total. The molecule has 0 bridgehead atoms. The van der Waals surface area contributed by atoms with Crippen molar-refractivity contribution in [3.63, 3.8) is 0 Å². The van der Waals surface area contributed by atoms with Crippen molar-refractivity contribution >= 4 is 5.91 Å². The zero-order valence-electron chi connectivity index (χ0n) is 61.5. The SMILES string of the molecule is CCCCCCCCCCCCCCC/C=C\C/C=C\CCCCCCCCCCCCCCCCCCC(O)C(=O)NC(COC1OC(CO)C(O)C(O)C1O)C(O)C(O)CCCCCCCCCCCCCCCCCCCCCCCCCCCCCCCC. The van der Waals surface area contributed by atoms with Crippen molar-refractivity contribution < 1.29 is 50.0 Å². The first-order valence-electron chi connectivity index (χ1n) is 41.2. The normalized spacial score (nSPS) is 18.3. The highest BCUT2D eigenvalue weighted by atomic mass is 16.7. The van der Waals surface area contributed by atoms with Gasteiger partial charge in [0, 0.05) is 0 Å². The molecule has 1 saturated heterocycles. The molecule has 0 spiro atoms. The van der Waals surface area contributed by atoms with Crippen LogP contribution in [0.1, 0.15) is 425 Å². The number of carbonyl (C=O) groups excluding carboxylic acids is 1. The van der Waals surface area contributed by atoms with Gasteiger partial charge >= 0.3 is 0 Å². The van der Waals surface area contributed by atoms with E-state index in [9.17, 15) is 40.5 Å². The van der Waals surface area contributed by atoms with Crippen LogP contribution in [0.15, 0.2) is 24.3 Å². The quantitative estimate of drug-likeness (QED) is 0.0215. The molecule has 0 saturated carbocycles. The fourth-order valence-corrected chi connectivity index (χ4v) is 13.7. The summed E-state index contributed by atoms with van der Waals surface area (Å²) in [4.78, 5) is 13.3. The van der Waals surface area contributed by atoms with Crippen LogP contribution in [0, 0.1) is 0 Å². The second kappa shape index (κ2) is 70.5. The minimum absolute atomic E-state index is 0.263. The summed E-state index contributed by atoms with van der Waals surface area (Å²) in [6.07, 6.45) is 80.1. The van der Waals surface area contributed by atoms with Crippen molar-refractivity contribution in [1.82, 2.24) is 5.32 Å². The molecule has 9 atom stereocenters. The standard InChI is InChI=1S/C82H159NO10/c1-3-5-7-9-11-13-15-17-19-21-23-25-27-29-31-33-35-36-37-38-39-40-42-44-46-48-50-52-54-56-58-60-62-64-66-68-70-75(86)81(91)83-73(72-92-82-80(90)79(89)78(88)76(71-84)93-82)77(87)74(85)69-67-65-63-61-59-57-55-53-51-49-47-45-43-41-34-32-30-28-26-24-22-20-18-16-14-12-10-8-6-4-2/h31,33,36-37,73-80,82,84-90H,3-30,32,34-35,38-72H2,1-2H3,(H,83,91)/b33-31-,37-36-. The highest BCUT2D eigenvalue weighted by molar-refractivity contribution is 5.80. The van der Waals surface area contributed by atoms with Gasteiger partial charge in [0.2, 0.25) is 5.91 Å². The molecule has 1 amide bonds. The van der Waals surface area contributed by atoms with Crippen molar-refractivity contribution in [2.45, 2.75) is 480 Å². The number of unbranched alkanes of at least 4 members (excludes halogenated alkanes) is 58. The molecule has 0 aromatic rings. The molecular weight excluding hydrogens is 1160 g/mol. The Morgan fingerprint density at radius 2 is 0.656 bits per heavy atom. The lowest BCUT2D eigenvalue weighted by Gasteiger charge is -2.40. The Bertz CT molecular complexity index is 1560. The van der Waals surface area contributed by atoms with E-state index in [4.69, 9.17) is 9.47 Å². The van der Waals surface area contributed by atoms with Gasteiger partial charge in [0.1, 0.15) is 36.6 Å². The van der Waals surface area contributed by atoms with E-state index in [-0.39, 0.29) is 6.42 Å². The van der Waals surface area contributed by atoms with Crippen LogP contribution in [0.4, 0.5) is 0 Å². The van der Waals surface area contributed by atoms with Crippen molar-refractivity contribution in [3.05, 3.63) is 24.3 Å². The van der Waals surface area contributed by atoms with E-state index in [1.54, 1.807) is 0 Å². The summed E-state index contributed by atoms with van der Waals surface area (Å²) in [5.41, 5.74) is 0. The summed E-state index contributed by atoms with van der Waals surface area (Å²) in [6, 6.07) is -1.17. The van der Waals surface area contributed by atoms with Gasteiger partial charge in [0.05, 0.1) is 25.4 Å². The van der Waals surface area contributed by atoms with Gasteiger partial charge in [-0.25, -0.2) is 0 Å². The van der Waals surface area contributed by atoms with Gasteiger partial charge in [-0.15, -0.1) is 0 Å². The predicted molar refractivity (Wildman–Crippen MR) is 395 cm³/mol. The first kappa shape index (κ1) is 89.6. The van der Waals surface area contributed by atoms with Crippen molar-refractivity contribution in [2.24, 2.45) is 0 Å². The molecule has 11 nitrogen and oxygen atoms in total. The number of allylic oxidation sites excluding steroid dienone is 4. The van der Waals surface area contributed by atoms with Crippen LogP contribution < -0.4 is 5.32 Å². The molecular formula is C82H159NO10. The summed E-state index contributed by atoms with van der Waals surface area (Å²) >= 11 is 0. The first-order valence-corrected chi connectivity index (χ1v) is 41.2. The molecule has 0 aromatic carbocycles. The molecule has 0 aromatic heterocycles. The number of aliphatic hydroxyl groups excluding tert-OH is 7. The average Bonchev–Trinajstić information content (AvgIpc) is 1.04. The summed E-state index contributed by atoms with van der Waals surface area (Å²) in [7, 11) is 0. The minimum Gasteiger partial charge on any atom is -0.394 e. The number of carbonyl (C=O) groups is 1. The summed E-state index contributed by atoms with van der Waals surface area (Å²) < 4.78 is 11.2. The van der Waals surface area contributed by atoms with E-state index in [1.165, 1.54) is 340 Å². The topological polar surface area (TPSA) is 189 Å². The smallest absolute Gasteiger partial charge is 0.249 e. The van der Waals surface area contributed by atoms with E-state index in [1.807, 2.05) is 0 Å². The number of hydrogen-bond donors (Lipinski definition) is 8. The van der Waals surface area contributed by atoms with Gasteiger partial charge < -0.3 is 50.5 Å². The number of hydrogen-bond acceptors (Lipinski definition) is 10. The molecule has 1 aliphatic heterocycles. The van der Waals surface area contributed by atoms with Crippen LogP contribution >= 0.6 is 0 Å². The van der Waals surface area contributed by atoms with Crippen molar-refractivity contribution in [3.8, 4) is 0 Å².